The minimum Gasteiger partial charge on any atom is -0.459 e. The van der Waals surface area contributed by atoms with Crippen LogP contribution in [0.4, 0.5) is 0 Å². The summed E-state index contributed by atoms with van der Waals surface area (Å²) in [7, 11) is 1.65. The maximum atomic E-state index is 5.53. The van der Waals surface area contributed by atoms with E-state index in [0.29, 0.717) is 6.61 Å². The van der Waals surface area contributed by atoms with Crippen LogP contribution in [0, 0.1) is 0 Å². The predicted molar refractivity (Wildman–Crippen MR) is 54.6 cm³/mol. The van der Waals surface area contributed by atoms with Gasteiger partial charge in [-0.3, -0.25) is 0 Å². The SMILES string of the molecule is COCc1cc2c(Br)cccc2o1. The first-order valence-corrected chi connectivity index (χ1v) is 4.76. The van der Waals surface area contributed by atoms with Crippen LogP contribution in [0.2, 0.25) is 0 Å². The molecule has 0 aliphatic heterocycles. The van der Waals surface area contributed by atoms with Gasteiger partial charge in [-0.05, 0) is 18.2 Å². The van der Waals surface area contributed by atoms with E-state index in [2.05, 4.69) is 15.9 Å². The summed E-state index contributed by atoms with van der Waals surface area (Å²) in [6, 6.07) is 7.88. The Kier molecular flexibility index (Phi) is 2.38. The van der Waals surface area contributed by atoms with Crippen molar-refractivity contribution in [3.05, 3.63) is 34.5 Å². The van der Waals surface area contributed by atoms with Gasteiger partial charge in [-0.2, -0.15) is 0 Å². The van der Waals surface area contributed by atoms with Gasteiger partial charge in [0.25, 0.3) is 0 Å². The Hall–Kier alpha value is -0.800. The van der Waals surface area contributed by atoms with Crippen LogP contribution in [0.5, 0.6) is 0 Å². The lowest BCUT2D eigenvalue weighted by molar-refractivity contribution is 0.166. The average molecular weight is 241 g/mol. The van der Waals surface area contributed by atoms with Gasteiger partial charge in [0.15, 0.2) is 0 Å². The second-order valence-electron chi connectivity index (χ2n) is 2.80. The molecule has 0 unspecified atom stereocenters. The molecule has 0 radical (unpaired) electrons. The van der Waals surface area contributed by atoms with Crippen molar-refractivity contribution in [3.8, 4) is 0 Å². The summed E-state index contributed by atoms with van der Waals surface area (Å²) < 4.78 is 11.6. The van der Waals surface area contributed by atoms with Gasteiger partial charge in [0.1, 0.15) is 18.0 Å². The average Bonchev–Trinajstić information content (AvgIpc) is 2.49. The smallest absolute Gasteiger partial charge is 0.135 e. The van der Waals surface area contributed by atoms with Crippen molar-refractivity contribution in [1.29, 1.82) is 0 Å². The van der Waals surface area contributed by atoms with E-state index in [1.807, 2.05) is 24.3 Å². The molecular formula is C10H9BrO2. The number of ether oxygens (including phenoxy) is 1. The van der Waals surface area contributed by atoms with Crippen LogP contribution in [-0.2, 0) is 11.3 Å². The lowest BCUT2D eigenvalue weighted by atomic mass is 10.2. The van der Waals surface area contributed by atoms with E-state index in [1.165, 1.54) is 0 Å². The molecule has 2 rings (SSSR count). The van der Waals surface area contributed by atoms with E-state index in [4.69, 9.17) is 9.15 Å². The molecule has 0 spiro atoms. The second-order valence-corrected chi connectivity index (χ2v) is 3.65. The molecule has 0 aliphatic rings. The molecule has 0 atom stereocenters. The highest BCUT2D eigenvalue weighted by atomic mass is 79.9. The Morgan fingerprint density at radius 3 is 3.00 bits per heavy atom. The van der Waals surface area contributed by atoms with Crippen LogP contribution in [0.3, 0.4) is 0 Å². The van der Waals surface area contributed by atoms with E-state index in [1.54, 1.807) is 7.11 Å². The highest BCUT2D eigenvalue weighted by Crippen LogP contribution is 2.26. The number of rotatable bonds is 2. The number of hydrogen-bond acceptors (Lipinski definition) is 2. The zero-order valence-corrected chi connectivity index (χ0v) is 8.80. The molecule has 0 fully saturated rings. The van der Waals surface area contributed by atoms with Crippen LogP contribution < -0.4 is 0 Å². The molecule has 13 heavy (non-hydrogen) atoms. The van der Waals surface area contributed by atoms with Gasteiger partial charge >= 0.3 is 0 Å². The fourth-order valence-electron chi connectivity index (χ4n) is 1.29. The molecule has 2 nitrogen and oxygen atoms in total. The number of furan rings is 1. The number of fused-ring (bicyclic) bond motifs is 1. The molecule has 1 aromatic carbocycles. The summed E-state index contributed by atoms with van der Waals surface area (Å²) in [6.45, 7) is 0.515. The summed E-state index contributed by atoms with van der Waals surface area (Å²) in [5, 5.41) is 1.09. The van der Waals surface area contributed by atoms with Gasteiger partial charge in [0.05, 0.1) is 0 Å². The summed E-state index contributed by atoms with van der Waals surface area (Å²) in [4.78, 5) is 0. The van der Waals surface area contributed by atoms with Crippen molar-refractivity contribution in [3.63, 3.8) is 0 Å². The summed E-state index contributed by atoms with van der Waals surface area (Å²) in [5.74, 6) is 0.851. The van der Waals surface area contributed by atoms with Crippen LogP contribution in [0.15, 0.2) is 33.2 Å². The Morgan fingerprint density at radius 1 is 1.46 bits per heavy atom. The van der Waals surface area contributed by atoms with Gasteiger partial charge in [0.2, 0.25) is 0 Å². The van der Waals surface area contributed by atoms with Gasteiger partial charge in [-0.1, -0.05) is 22.0 Å². The van der Waals surface area contributed by atoms with E-state index in [0.717, 1.165) is 21.2 Å². The Balaban J connectivity index is 2.55. The Bertz CT molecular complexity index is 420. The molecule has 0 saturated heterocycles. The number of benzene rings is 1. The predicted octanol–water partition coefficient (Wildman–Crippen LogP) is 3.34. The number of methoxy groups -OCH3 is 1. The molecule has 0 aliphatic carbocycles. The molecule has 68 valence electrons. The Labute approximate surface area is 84.6 Å². The summed E-state index contributed by atoms with van der Waals surface area (Å²) >= 11 is 3.46. The molecule has 1 heterocycles. The lowest BCUT2D eigenvalue weighted by Gasteiger charge is -1.90. The fraction of sp³-hybridized carbons (Fsp3) is 0.200. The molecule has 0 N–H and O–H groups in total. The molecule has 2 aromatic rings. The third-order valence-corrected chi connectivity index (χ3v) is 2.54. The largest absolute Gasteiger partial charge is 0.459 e. The third kappa shape index (κ3) is 1.62. The van der Waals surface area contributed by atoms with Crippen molar-refractivity contribution in [1.82, 2.24) is 0 Å². The topological polar surface area (TPSA) is 22.4 Å². The van der Waals surface area contributed by atoms with Gasteiger partial charge in [-0.15, -0.1) is 0 Å². The number of halogens is 1. The van der Waals surface area contributed by atoms with E-state index in [-0.39, 0.29) is 0 Å². The standard InChI is InChI=1S/C10H9BrO2/c1-12-6-7-5-8-9(11)3-2-4-10(8)13-7/h2-5H,6H2,1H3. The van der Waals surface area contributed by atoms with Crippen LogP contribution in [0.25, 0.3) is 11.0 Å². The molecule has 0 saturated carbocycles. The summed E-state index contributed by atoms with van der Waals surface area (Å²) in [6.07, 6.45) is 0. The van der Waals surface area contributed by atoms with Crippen molar-refractivity contribution >= 4 is 26.9 Å². The minimum absolute atomic E-state index is 0.515. The fourth-order valence-corrected chi connectivity index (χ4v) is 1.75. The highest BCUT2D eigenvalue weighted by Gasteiger charge is 2.05. The summed E-state index contributed by atoms with van der Waals surface area (Å²) in [5.41, 5.74) is 0.890. The van der Waals surface area contributed by atoms with Gasteiger partial charge in [-0.25, -0.2) is 0 Å². The van der Waals surface area contributed by atoms with Crippen molar-refractivity contribution in [2.24, 2.45) is 0 Å². The second kappa shape index (κ2) is 3.52. The maximum Gasteiger partial charge on any atom is 0.135 e. The molecule has 3 heteroatoms. The molecule has 0 bridgehead atoms. The van der Waals surface area contributed by atoms with E-state index in [9.17, 15) is 0 Å². The van der Waals surface area contributed by atoms with Crippen LogP contribution >= 0.6 is 15.9 Å². The number of hydrogen-bond donors (Lipinski definition) is 0. The first-order chi connectivity index (χ1) is 6.31. The monoisotopic (exact) mass is 240 g/mol. The molecule has 1 aromatic heterocycles. The van der Waals surface area contributed by atoms with Gasteiger partial charge < -0.3 is 9.15 Å². The lowest BCUT2D eigenvalue weighted by Crippen LogP contribution is -1.81. The first kappa shape index (κ1) is 8.78. The minimum atomic E-state index is 0.515. The zero-order chi connectivity index (χ0) is 9.26. The Morgan fingerprint density at radius 2 is 2.31 bits per heavy atom. The molecular weight excluding hydrogens is 232 g/mol. The van der Waals surface area contributed by atoms with Crippen molar-refractivity contribution < 1.29 is 9.15 Å². The third-order valence-electron chi connectivity index (χ3n) is 1.85. The normalized spacial score (nSPS) is 10.9. The quantitative estimate of drug-likeness (QED) is 0.804. The maximum absolute atomic E-state index is 5.53. The van der Waals surface area contributed by atoms with Gasteiger partial charge in [0, 0.05) is 17.0 Å². The van der Waals surface area contributed by atoms with Crippen molar-refractivity contribution in [2.75, 3.05) is 7.11 Å². The first-order valence-electron chi connectivity index (χ1n) is 3.97. The highest BCUT2D eigenvalue weighted by molar-refractivity contribution is 9.10. The van der Waals surface area contributed by atoms with E-state index < -0.39 is 0 Å². The van der Waals surface area contributed by atoms with Crippen LogP contribution in [0.1, 0.15) is 5.76 Å². The van der Waals surface area contributed by atoms with Crippen molar-refractivity contribution in [2.45, 2.75) is 6.61 Å². The molecule has 0 amide bonds. The zero-order valence-electron chi connectivity index (χ0n) is 7.21. The van der Waals surface area contributed by atoms with E-state index >= 15 is 0 Å². The van der Waals surface area contributed by atoms with Crippen LogP contribution in [-0.4, -0.2) is 7.11 Å².